The average Bonchev–Trinajstić information content (AvgIpc) is 3.06. The third-order valence-electron chi connectivity index (χ3n) is 4.89. The number of amides is 1. The molecule has 6 heteroatoms. The second-order valence-electron chi connectivity index (χ2n) is 7.68. The van der Waals surface area contributed by atoms with Gasteiger partial charge in [-0.2, -0.15) is 0 Å². The van der Waals surface area contributed by atoms with Gasteiger partial charge in [-0.3, -0.25) is 14.2 Å². The summed E-state index contributed by atoms with van der Waals surface area (Å²) in [5.41, 5.74) is 3.01. The Kier molecular flexibility index (Phi) is 5.98. The molecule has 0 spiro atoms. The van der Waals surface area contributed by atoms with E-state index >= 15 is 0 Å². The van der Waals surface area contributed by atoms with E-state index in [1.807, 2.05) is 69.2 Å². The second-order valence-corrected chi connectivity index (χ2v) is 8.54. The minimum atomic E-state index is -0.0877. The largest absolute Gasteiger partial charge is 0.338 e. The molecule has 28 heavy (non-hydrogen) atoms. The predicted molar refractivity (Wildman–Crippen MR) is 116 cm³/mol. The van der Waals surface area contributed by atoms with Gasteiger partial charge >= 0.3 is 0 Å². The number of aromatic nitrogens is 2. The highest BCUT2D eigenvalue weighted by Crippen LogP contribution is 2.30. The first-order valence-corrected chi connectivity index (χ1v) is 10.5. The molecule has 0 N–H and O–H groups in total. The Labute approximate surface area is 169 Å². The van der Waals surface area contributed by atoms with Gasteiger partial charge in [0.1, 0.15) is 4.83 Å². The highest BCUT2D eigenvalue weighted by atomic mass is 32.1. The molecule has 0 atom stereocenters. The predicted octanol–water partition coefficient (Wildman–Crippen LogP) is 4.47. The lowest BCUT2D eigenvalue weighted by atomic mass is 10.1. The van der Waals surface area contributed by atoms with Crippen LogP contribution in [0.15, 0.2) is 40.8 Å². The fraction of sp³-hybridized carbons (Fsp3) is 0.409. The first-order valence-electron chi connectivity index (χ1n) is 9.64. The fourth-order valence-corrected chi connectivity index (χ4v) is 4.50. The highest BCUT2D eigenvalue weighted by molar-refractivity contribution is 7.17. The van der Waals surface area contributed by atoms with E-state index in [-0.39, 0.29) is 30.0 Å². The SMILES string of the molecule is Cc1ccc(-c2csc3ncn(CCC(=O)N(C(C)C)C(C)C)c(=O)c23)cc1. The second kappa shape index (κ2) is 8.27. The smallest absolute Gasteiger partial charge is 0.262 e. The van der Waals surface area contributed by atoms with E-state index in [2.05, 4.69) is 4.98 Å². The molecule has 148 valence electrons. The maximum atomic E-state index is 13.1. The van der Waals surface area contributed by atoms with Gasteiger partial charge in [-0.05, 0) is 40.2 Å². The van der Waals surface area contributed by atoms with Gasteiger partial charge in [0, 0.05) is 36.0 Å². The molecule has 3 rings (SSSR count). The number of aryl methyl sites for hydroxylation is 2. The van der Waals surface area contributed by atoms with E-state index in [1.165, 1.54) is 16.9 Å². The van der Waals surface area contributed by atoms with E-state index in [4.69, 9.17) is 0 Å². The molecule has 2 heterocycles. The topological polar surface area (TPSA) is 55.2 Å². The van der Waals surface area contributed by atoms with Gasteiger partial charge in [0.25, 0.3) is 5.56 Å². The molecule has 0 radical (unpaired) electrons. The van der Waals surface area contributed by atoms with Crippen molar-refractivity contribution < 1.29 is 4.79 Å². The molecule has 0 saturated carbocycles. The van der Waals surface area contributed by atoms with E-state index in [1.54, 1.807) is 10.9 Å². The zero-order chi connectivity index (χ0) is 20.4. The van der Waals surface area contributed by atoms with Crippen LogP contribution >= 0.6 is 11.3 Å². The highest BCUT2D eigenvalue weighted by Gasteiger charge is 2.20. The lowest BCUT2D eigenvalue weighted by molar-refractivity contribution is -0.135. The minimum Gasteiger partial charge on any atom is -0.338 e. The third kappa shape index (κ3) is 4.02. The van der Waals surface area contributed by atoms with Crippen molar-refractivity contribution in [2.45, 2.75) is 59.7 Å². The van der Waals surface area contributed by atoms with Gasteiger partial charge in [0.15, 0.2) is 0 Å². The molecule has 0 aliphatic carbocycles. The summed E-state index contributed by atoms with van der Waals surface area (Å²) in [5.74, 6) is 0.0565. The number of fused-ring (bicyclic) bond motifs is 1. The third-order valence-corrected chi connectivity index (χ3v) is 5.78. The van der Waals surface area contributed by atoms with Gasteiger partial charge in [0.2, 0.25) is 5.91 Å². The maximum Gasteiger partial charge on any atom is 0.262 e. The van der Waals surface area contributed by atoms with Crippen LogP contribution in [0.2, 0.25) is 0 Å². The van der Waals surface area contributed by atoms with Gasteiger partial charge < -0.3 is 4.90 Å². The fourth-order valence-electron chi connectivity index (χ4n) is 3.59. The van der Waals surface area contributed by atoms with Crippen LogP contribution in [-0.2, 0) is 11.3 Å². The van der Waals surface area contributed by atoms with E-state index in [0.29, 0.717) is 11.9 Å². The number of rotatable bonds is 6. The Morgan fingerprint density at radius 2 is 1.79 bits per heavy atom. The quantitative estimate of drug-likeness (QED) is 0.617. The zero-order valence-electron chi connectivity index (χ0n) is 17.1. The Balaban J connectivity index is 1.90. The van der Waals surface area contributed by atoms with Crippen molar-refractivity contribution in [3.05, 3.63) is 51.9 Å². The van der Waals surface area contributed by atoms with Crippen molar-refractivity contribution in [1.82, 2.24) is 14.5 Å². The molecule has 1 amide bonds. The summed E-state index contributed by atoms with van der Waals surface area (Å²) in [6, 6.07) is 8.41. The summed E-state index contributed by atoms with van der Waals surface area (Å²) in [5, 5.41) is 2.62. The molecule has 0 unspecified atom stereocenters. The molecule has 0 saturated heterocycles. The van der Waals surface area contributed by atoms with Gasteiger partial charge in [-0.25, -0.2) is 4.98 Å². The van der Waals surface area contributed by atoms with E-state index in [0.717, 1.165) is 16.0 Å². The van der Waals surface area contributed by atoms with Gasteiger partial charge in [-0.15, -0.1) is 11.3 Å². The van der Waals surface area contributed by atoms with E-state index in [9.17, 15) is 9.59 Å². The lowest BCUT2D eigenvalue weighted by Gasteiger charge is -2.30. The molecule has 3 aromatic rings. The molecule has 0 aliphatic rings. The maximum absolute atomic E-state index is 13.1. The first-order chi connectivity index (χ1) is 13.3. The molecule has 0 aliphatic heterocycles. The van der Waals surface area contributed by atoms with Crippen LogP contribution in [0.3, 0.4) is 0 Å². The van der Waals surface area contributed by atoms with Crippen LogP contribution in [0.4, 0.5) is 0 Å². The number of hydrogen-bond donors (Lipinski definition) is 0. The molecule has 5 nitrogen and oxygen atoms in total. The molecular formula is C22H27N3O2S. The van der Waals surface area contributed by atoms with Crippen LogP contribution in [0, 0.1) is 6.92 Å². The van der Waals surface area contributed by atoms with Crippen molar-refractivity contribution in [1.29, 1.82) is 0 Å². The number of carbonyl (C=O) groups excluding carboxylic acids is 1. The summed E-state index contributed by atoms with van der Waals surface area (Å²) < 4.78 is 1.56. The Hall–Kier alpha value is -2.47. The minimum absolute atomic E-state index is 0.0565. The summed E-state index contributed by atoms with van der Waals surface area (Å²) >= 11 is 1.47. The van der Waals surface area contributed by atoms with Crippen LogP contribution in [0.1, 0.15) is 39.7 Å². The molecule has 0 bridgehead atoms. The standard InChI is InChI=1S/C22H27N3O2S/c1-14(2)25(15(3)4)19(26)10-11-24-13-23-21-20(22(24)27)18(12-28-21)17-8-6-16(5)7-9-17/h6-9,12-15H,10-11H2,1-5H3. The van der Waals surface area contributed by atoms with Gasteiger partial charge in [-0.1, -0.05) is 29.8 Å². The summed E-state index contributed by atoms with van der Waals surface area (Å²) in [4.78, 5) is 32.8. The lowest BCUT2D eigenvalue weighted by Crippen LogP contribution is -2.42. The van der Waals surface area contributed by atoms with Crippen LogP contribution in [0.5, 0.6) is 0 Å². The molecule has 0 fully saturated rings. The van der Waals surface area contributed by atoms with Crippen molar-refractivity contribution in [2.75, 3.05) is 0 Å². The monoisotopic (exact) mass is 397 g/mol. The Bertz CT molecular complexity index is 1020. The van der Waals surface area contributed by atoms with Crippen molar-refractivity contribution in [2.24, 2.45) is 0 Å². The van der Waals surface area contributed by atoms with E-state index < -0.39 is 0 Å². The number of thiophene rings is 1. The van der Waals surface area contributed by atoms with Crippen molar-refractivity contribution in [3.8, 4) is 11.1 Å². The zero-order valence-corrected chi connectivity index (χ0v) is 17.9. The Morgan fingerprint density at radius 3 is 2.39 bits per heavy atom. The summed E-state index contributed by atoms with van der Waals surface area (Å²) in [6.07, 6.45) is 1.84. The molecule has 2 aromatic heterocycles. The molecular weight excluding hydrogens is 370 g/mol. The average molecular weight is 398 g/mol. The van der Waals surface area contributed by atoms with Crippen molar-refractivity contribution in [3.63, 3.8) is 0 Å². The number of carbonyl (C=O) groups is 1. The van der Waals surface area contributed by atoms with Crippen LogP contribution in [-0.4, -0.2) is 32.4 Å². The Morgan fingerprint density at radius 1 is 1.14 bits per heavy atom. The van der Waals surface area contributed by atoms with Crippen LogP contribution < -0.4 is 5.56 Å². The summed E-state index contributed by atoms with van der Waals surface area (Å²) in [6.45, 7) is 10.4. The van der Waals surface area contributed by atoms with Crippen LogP contribution in [0.25, 0.3) is 21.3 Å². The summed E-state index contributed by atoms with van der Waals surface area (Å²) in [7, 11) is 0. The number of benzene rings is 1. The van der Waals surface area contributed by atoms with Gasteiger partial charge in [0.05, 0.1) is 11.7 Å². The number of nitrogens with zero attached hydrogens (tertiary/aromatic N) is 3. The molecule has 1 aromatic carbocycles. The number of hydrogen-bond acceptors (Lipinski definition) is 4. The first kappa shape index (κ1) is 20.3. The van der Waals surface area contributed by atoms with Crippen molar-refractivity contribution >= 4 is 27.5 Å². The normalized spacial score (nSPS) is 11.5.